The fourth-order valence-electron chi connectivity index (χ4n) is 4.16. The number of pyridine rings is 1. The monoisotopic (exact) mass is 364 g/mol. The highest BCUT2D eigenvalue weighted by molar-refractivity contribution is 5.95. The number of nitriles is 1. The highest BCUT2D eigenvalue weighted by atomic mass is 16.1. The molecule has 0 N–H and O–H groups in total. The van der Waals surface area contributed by atoms with Crippen molar-refractivity contribution in [1.29, 1.82) is 5.26 Å². The molecule has 2 aromatic rings. The number of hydrogen-bond acceptors (Lipinski definition) is 5. The quantitative estimate of drug-likeness (QED) is 0.785. The molecule has 0 bridgehead atoms. The second-order valence-electron chi connectivity index (χ2n) is 7.94. The van der Waals surface area contributed by atoms with E-state index in [1.54, 1.807) is 6.20 Å². The van der Waals surface area contributed by atoms with E-state index in [4.69, 9.17) is 0 Å². The first-order chi connectivity index (χ1) is 13.0. The summed E-state index contributed by atoms with van der Waals surface area (Å²) in [5, 5.41) is 10.3. The SMILES string of the molecule is CC(CC(=O)C1CCN(c2ccc(C#N)c3ncccc23)CC1)CN(C)C. The van der Waals surface area contributed by atoms with Gasteiger partial charge in [0.15, 0.2) is 0 Å². The normalized spacial score (nSPS) is 16.5. The maximum atomic E-state index is 12.6. The minimum absolute atomic E-state index is 0.175. The summed E-state index contributed by atoms with van der Waals surface area (Å²) >= 11 is 0. The first-order valence-corrected chi connectivity index (χ1v) is 9.69. The van der Waals surface area contributed by atoms with Crippen LogP contribution in [0.1, 0.15) is 31.7 Å². The van der Waals surface area contributed by atoms with Crippen molar-refractivity contribution in [3.05, 3.63) is 36.0 Å². The van der Waals surface area contributed by atoms with Gasteiger partial charge in [0.25, 0.3) is 0 Å². The highest BCUT2D eigenvalue weighted by Gasteiger charge is 2.27. The Morgan fingerprint density at radius 1 is 1.33 bits per heavy atom. The van der Waals surface area contributed by atoms with Gasteiger partial charge in [-0.3, -0.25) is 9.78 Å². The molecule has 0 spiro atoms. The number of fused-ring (bicyclic) bond motifs is 1. The number of carbonyl (C=O) groups is 1. The summed E-state index contributed by atoms with van der Waals surface area (Å²) in [6.07, 6.45) is 4.20. The number of rotatable bonds is 6. The third-order valence-corrected chi connectivity index (χ3v) is 5.38. The zero-order chi connectivity index (χ0) is 19.4. The van der Waals surface area contributed by atoms with Gasteiger partial charge >= 0.3 is 0 Å². The Morgan fingerprint density at radius 2 is 2.07 bits per heavy atom. The Balaban J connectivity index is 1.67. The average molecular weight is 364 g/mol. The number of aromatic nitrogens is 1. The molecule has 1 atom stereocenters. The number of benzene rings is 1. The van der Waals surface area contributed by atoms with E-state index < -0.39 is 0 Å². The van der Waals surface area contributed by atoms with Crippen molar-refractivity contribution >= 4 is 22.4 Å². The van der Waals surface area contributed by atoms with Gasteiger partial charge in [0.2, 0.25) is 0 Å². The smallest absolute Gasteiger partial charge is 0.136 e. The van der Waals surface area contributed by atoms with Gasteiger partial charge in [0.1, 0.15) is 11.9 Å². The maximum Gasteiger partial charge on any atom is 0.136 e. The fourth-order valence-corrected chi connectivity index (χ4v) is 4.16. The van der Waals surface area contributed by atoms with E-state index in [0.29, 0.717) is 23.7 Å². The molecule has 1 fully saturated rings. The molecule has 0 aliphatic carbocycles. The van der Waals surface area contributed by atoms with E-state index in [1.165, 1.54) is 0 Å². The first-order valence-electron chi connectivity index (χ1n) is 9.69. The van der Waals surface area contributed by atoms with Crippen LogP contribution in [-0.2, 0) is 4.79 Å². The lowest BCUT2D eigenvalue weighted by Crippen LogP contribution is -2.37. The third-order valence-electron chi connectivity index (χ3n) is 5.38. The molecule has 27 heavy (non-hydrogen) atoms. The van der Waals surface area contributed by atoms with Crippen molar-refractivity contribution < 1.29 is 4.79 Å². The van der Waals surface area contributed by atoms with Gasteiger partial charge in [-0.25, -0.2) is 0 Å². The molecule has 1 unspecified atom stereocenters. The van der Waals surface area contributed by atoms with Crippen molar-refractivity contribution in [2.45, 2.75) is 26.2 Å². The predicted molar refractivity (Wildman–Crippen MR) is 109 cm³/mol. The maximum absolute atomic E-state index is 12.6. The molecule has 1 aliphatic rings. The lowest BCUT2D eigenvalue weighted by molar-refractivity contribution is -0.124. The minimum Gasteiger partial charge on any atom is -0.371 e. The molecule has 1 aliphatic heterocycles. The minimum atomic E-state index is 0.175. The molecule has 1 aromatic heterocycles. The molecule has 5 nitrogen and oxygen atoms in total. The second kappa shape index (κ2) is 8.49. The van der Waals surface area contributed by atoms with Crippen LogP contribution in [0.3, 0.4) is 0 Å². The van der Waals surface area contributed by atoms with Crippen LogP contribution in [0.5, 0.6) is 0 Å². The van der Waals surface area contributed by atoms with E-state index in [9.17, 15) is 10.1 Å². The van der Waals surface area contributed by atoms with Crippen LogP contribution in [0.15, 0.2) is 30.5 Å². The summed E-state index contributed by atoms with van der Waals surface area (Å²) in [4.78, 5) is 21.5. The van der Waals surface area contributed by atoms with Crippen LogP contribution in [0, 0.1) is 23.2 Å². The summed E-state index contributed by atoms with van der Waals surface area (Å²) in [5.41, 5.74) is 2.48. The number of hydrogen-bond donors (Lipinski definition) is 0. The van der Waals surface area contributed by atoms with Crippen LogP contribution in [0.4, 0.5) is 5.69 Å². The van der Waals surface area contributed by atoms with Gasteiger partial charge < -0.3 is 9.80 Å². The third kappa shape index (κ3) is 4.45. The Labute approximate surface area is 161 Å². The van der Waals surface area contributed by atoms with Crippen molar-refractivity contribution in [3.8, 4) is 6.07 Å². The van der Waals surface area contributed by atoms with Gasteiger partial charge in [-0.1, -0.05) is 6.92 Å². The number of nitrogens with zero attached hydrogens (tertiary/aromatic N) is 4. The lowest BCUT2D eigenvalue weighted by atomic mass is 9.87. The predicted octanol–water partition coefficient (Wildman–Crippen LogP) is 3.48. The zero-order valence-corrected chi connectivity index (χ0v) is 16.5. The van der Waals surface area contributed by atoms with Crippen LogP contribution >= 0.6 is 0 Å². The summed E-state index contributed by atoms with van der Waals surface area (Å²) < 4.78 is 0. The van der Waals surface area contributed by atoms with Crippen LogP contribution in [0.25, 0.3) is 10.9 Å². The van der Waals surface area contributed by atoms with Gasteiger partial charge in [-0.2, -0.15) is 5.26 Å². The number of carbonyl (C=O) groups excluding carboxylic acids is 1. The summed E-state index contributed by atoms with van der Waals surface area (Å²) in [5.74, 6) is 0.989. The van der Waals surface area contributed by atoms with Crippen molar-refractivity contribution in [1.82, 2.24) is 9.88 Å². The van der Waals surface area contributed by atoms with E-state index in [0.717, 1.165) is 49.1 Å². The molecule has 142 valence electrons. The van der Waals surface area contributed by atoms with E-state index in [2.05, 4.69) is 41.9 Å². The Hall–Kier alpha value is -2.45. The van der Waals surface area contributed by atoms with Crippen molar-refractivity contribution in [3.63, 3.8) is 0 Å². The van der Waals surface area contributed by atoms with Crippen molar-refractivity contribution in [2.24, 2.45) is 11.8 Å². The number of anilines is 1. The van der Waals surface area contributed by atoms with E-state index in [1.807, 2.05) is 24.3 Å². The number of ketones is 1. The molecule has 5 heteroatoms. The van der Waals surface area contributed by atoms with Gasteiger partial charge in [-0.05, 0) is 57.1 Å². The molecule has 0 amide bonds. The van der Waals surface area contributed by atoms with Gasteiger partial charge in [0.05, 0.1) is 11.1 Å². The standard InChI is InChI=1S/C22H28N4O/c1-16(15-25(2)3)13-21(27)17-8-11-26(12-9-17)20-7-6-18(14-23)22-19(20)5-4-10-24-22/h4-7,10,16-17H,8-9,11-13,15H2,1-3H3. The Morgan fingerprint density at radius 3 is 2.74 bits per heavy atom. The molecule has 1 aromatic carbocycles. The second-order valence-corrected chi connectivity index (χ2v) is 7.94. The van der Waals surface area contributed by atoms with Crippen molar-refractivity contribution in [2.75, 3.05) is 38.6 Å². The van der Waals surface area contributed by atoms with Crippen LogP contribution in [-0.4, -0.2) is 49.4 Å². The molecule has 0 saturated carbocycles. The summed E-state index contributed by atoms with van der Waals surface area (Å²) in [7, 11) is 4.10. The summed E-state index contributed by atoms with van der Waals surface area (Å²) in [6.45, 7) is 4.85. The largest absolute Gasteiger partial charge is 0.371 e. The Kier molecular flexibility index (Phi) is 6.08. The fraction of sp³-hybridized carbons (Fsp3) is 0.500. The zero-order valence-electron chi connectivity index (χ0n) is 16.5. The molecule has 0 radical (unpaired) electrons. The lowest BCUT2D eigenvalue weighted by Gasteiger charge is -2.34. The highest BCUT2D eigenvalue weighted by Crippen LogP contribution is 2.31. The Bertz CT molecular complexity index is 847. The number of piperidine rings is 1. The van der Waals surface area contributed by atoms with E-state index >= 15 is 0 Å². The first kappa shape index (κ1) is 19.3. The molecular weight excluding hydrogens is 336 g/mol. The molecule has 3 rings (SSSR count). The topological polar surface area (TPSA) is 60.2 Å². The van der Waals surface area contributed by atoms with Gasteiger partial charge in [-0.15, -0.1) is 0 Å². The van der Waals surface area contributed by atoms with Gasteiger partial charge in [0, 0.05) is 49.2 Å². The van der Waals surface area contributed by atoms with Crippen LogP contribution in [0.2, 0.25) is 0 Å². The summed E-state index contributed by atoms with van der Waals surface area (Å²) in [6, 6.07) is 10.0. The molecule has 2 heterocycles. The molecular formula is C22H28N4O. The molecule has 1 saturated heterocycles. The van der Waals surface area contributed by atoms with Crippen LogP contribution < -0.4 is 4.90 Å². The average Bonchev–Trinajstić information content (AvgIpc) is 2.66. The number of Topliss-reactive ketones (excluding diaryl/α,β-unsaturated/α-hetero) is 1. The van der Waals surface area contributed by atoms with E-state index in [-0.39, 0.29) is 5.92 Å².